The second-order valence-corrected chi connectivity index (χ2v) is 2.59. The van der Waals surface area contributed by atoms with E-state index in [2.05, 4.69) is 0 Å². The summed E-state index contributed by atoms with van der Waals surface area (Å²) in [6, 6.07) is 4.87. The lowest BCUT2D eigenvalue weighted by molar-refractivity contribution is 0.112. The van der Waals surface area contributed by atoms with Crippen molar-refractivity contribution >= 4 is 6.29 Å². The molecule has 4 nitrogen and oxygen atoms in total. The molecular weight excluding hydrogens is 184 g/mol. The summed E-state index contributed by atoms with van der Waals surface area (Å²) < 4.78 is 10.1. The fourth-order valence-electron chi connectivity index (χ4n) is 1.04. The Bertz CT molecular complexity index is 309. The molecule has 0 saturated carbocycles. The fraction of sp³-hybridized carbons (Fsp3) is 0.300. The van der Waals surface area contributed by atoms with Crippen LogP contribution in [0, 0.1) is 0 Å². The van der Waals surface area contributed by atoms with Crippen LogP contribution in [0.4, 0.5) is 0 Å². The van der Waals surface area contributed by atoms with Gasteiger partial charge in [-0.2, -0.15) is 0 Å². The predicted molar refractivity (Wildman–Crippen MR) is 51.0 cm³/mol. The van der Waals surface area contributed by atoms with Crippen LogP contribution in [-0.2, 0) is 0 Å². The number of hydrogen-bond acceptors (Lipinski definition) is 4. The number of methoxy groups -OCH3 is 1. The van der Waals surface area contributed by atoms with Gasteiger partial charge in [-0.1, -0.05) is 0 Å². The van der Waals surface area contributed by atoms with E-state index in [0.717, 1.165) is 0 Å². The second kappa shape index (κ2) is 5.24. The highest BCUT2D eigenvalue weighted by molar-refractivity contribution is 5.79. The van der Waals surface area contributed by atoms with Crippen LogP contribution in [0.1, 0.15) is 10.4 Å². The number of ether oxygens (including phenoxy) is 2. The Morgan fingerprint density at radius 1 is 1.50 bits per heavy atom. The number of carbonyl (C=O) groups is 1. The third kappa shape index (κ3) is 2.47. The van der Waals surface area contributed by atoms with Crippen molar-refractivity contribution in [2.24, 2.45) is 0 Å². The lowest BCUT2D eigenvalue weighted by Crippen LogP contribution is -2.02. The van der Waals surface area contributed by atoms with Crippen LogP contribution in [-0.4, -0.2) is 31.7 Å². The summed E-state index contributed by atoms with van der Waals surface area (Å²) >= 11 is 0. The number of aldehydes is 1. The first-order chi connectivity index (χ1) is 6.81. The van der Waals surface area contributed by atoms with Gasteiger partial charge in [0.2, 0.25) is 0 Å². The van der Waals surface area contributed by atoms with Crippen molar-refractivity contribution in [1.29, 1.82) is 0 Å². The molecule has 0 heterocycles. The highest BCUT2D eigenvalue weighted by atomic mass is 16.5. The molecule has 0 spiro atoms. The first kappa shape index (κ1) is 10.5. The van der Waals surface area contributed by atoms with Crippen LogP contribution in [0.3, 0.4) is 0 Å². The van der Waals surface area contributed by atoms with E-state index in [1.165, 1.54) is 7.11 Å². The quantitative estimate of drug-likeness (QED) is 0.710. The molecule has 0 unspecified atom stereocenters. The molecule has 0 atom stereocenters. The Morgan fingerprint density at radius 2 is 2.29 bits per heavy atom. The number of rotatable bonds is 5. The van der Waals surface area contributed by atoms with Crippen LogP contribution < -0.4 is 9.47 Å². The van der Waals surface area contributed by atoms with Gasteiger partial charge in [-0.3, -0.25) is 4.79 Å². The van der Waals surface area contributed by atoms with Gasteiger partial charge in [0.25, 0.3) is 0 Å². The topological polar surface area (TPSA) is 55.8 Å². The molecule has 0 fully saturated rings. The molecule has 1 aromatic carbocycles. The molecule has 0 aliphatic rings. The number of benzene rings is 1. The monoisotopic (exact) mass is 196 g/mol. The maximum atomic E-state index is 10.6. The van der Waals surface area contributed by atoms with E-state index in [9.17, 15) is 4.79 Å². The minimum absolute atomic E-state index is 0.0439. The Morgan fingerprint density at radius 3 is 2.86 bits per heavy atom. The zero-order valence-electron chi connectivity index (χ0n) is 7.90. The SMILES string of the molecule is COc1cc(OCCO)ccc1C=O. The summed E-state index contributed by atoms with van der Waals surface area (Å²) in [7, 11) is 1.48. The minimum atomic E-state index is -0.0439. The Balaban J connectivity index is 2.84. The number of hydrogen-bond donors (Lipinski definition) is 1. The van der Waals surface area contributed by atoms with Crippen molar-refractivity contribution in [3.05, 3.63) is 23.8 Å². The standard InChI is InChI=1S/C10H12O4/c1-13-10-6-9(14-5-4-11)3-2-8(10)7-12/h2-3,6-7,11H,4-5H2,1H3. The van der Waals surface area contributed by atoms with Gasteiger partial charge in [0, 0.05) is 6.07 Å². The summed E-state index contributed by atoms with van der Waals surface area (Å²) in [6.45, 7) is 0.182. The number of aliphatic hydroxyl groups excluding tert-OH is 1. The van der Waals surface area contributed by atoms with Crippen molar-refractivity contribution in [3.8, 4) is 11.5 Å². The molecule has 0 saturated heterocycles. The number of carbonyl (C=O) groups excluding carboxylic acids is 1. The average molecular weight is 196 g/mol. The Labute approximate surface area is 82.1 Å². The van der Waals surface area contributed by atoms with Crippen LogP contribution in [0.2, 0.25) is 0 Å². The molecule has 0 bridgehead atoms. The lowest BCUT2D eigenvalue weighted by Gasteiger charge is -2.07. The molecule has 14 heavy (non-hydrogen) atoms. The summed E-state index contributed by atoms with van der Waals surface area (Å²) in [5, 5.41) is 8.54. The Kier molecular flexibility index (Phi) is 3.94. The smallest absolute Gasteiger partial charge is 0.153 e. The first-order valence-corrected chi connectivity index (χ1v) is 4.18. The van der Waals surface area contributed by atoms with E-state index in [1.54, 1.807) is 18.2 Å². The van der Waals surface area contributed by atoms with E-state index in [0.29, 0.717) is 23.3 Å². The first-order valence-electron chi connectivity index (χ1n) is 4.18. The average Bonchev–Trinajstić information content (AvgIpc) is 2.25. The van der Waals surface area contributed by atoms with E-state index in [4.69, 9.17) is 14.6 Å². The molecule has 76 valence electrons. The van der Waals surface area contributed by atoms with Crippen LogP contribution in [0.25, 0.3) is 0 Å². The van der Waals surface area contributed by atoms with Gasteiger partial charge in [0.05, 0.1) is 19.3 Å². The molecule has 1 aromatic rings. The second-order valence-electron chi connectivity index (χ2n) is 2.59. The molecule has 0 amide bonds. The summed E-state index contributed by atoms with van der Waals surface area (Å²) in [5.41, 5.74) is 0.476. The van der Waals surface area contributed by atoms with Crippen molar-refractivity contribution in [2.45, 2.75) is 0 Å². The highest BCUT2D eigenvalue weighted by Gasteiger charge is 2.03. The highest BCUT2D eigenvalue weighted by Crippen LogP contribution is 2.23. The van der Waals surface area contributed by atoms with Gasteiger partial charge in [-0.05, 0) is 12.1 Å². The third-order valence-corrected chi connectivity index (χ3v) is 1.69. The van der Waals surface area contributed by atoms with Crippen molar-refractivity contribution in [2.75, 3.05) is 20.3 Å². The molecule has 0 aliphatic heterocycles. The maximum absolute atomic E-state index is 10.6. The maximum Gasteiger partial charge on any atom is 0.153 e. The van der Waals surface area contributed by atoms with Crippen molar-refractivity contribution in [3.63, 3.8) is 0 Å². The fourth-order valence-corrected chi connectivity index (χ4v) is 1.04. The molecule has 1 rings (SSSR count). The number of aliphatic hydroxyl groups is 1. The zero-order chi connectivity index (χ0) is 10.4. The van der Waals surface area contributed by atoms with Gasteiger partial charge < -0.3 is 14.6 Å². The van der Waals surface area contributed by atoms with Gasteiger partial charge in [0.15, 0.2) is 6.29 Å². The van der Waals surface area contributed by atoms with E-state index < -0.39 is 0 Å². The van der Waals surface area contributed by atoms with Gasteiger partial charge in [-0.15, -0.1) is 0 Å². The Hall–Kier alpha value is -1.55. The normalized spacial score (nSPS) is 9.57. The van der Waals surface area contributed by atoms with Crippen molar-refractivity contribution < 1.29 is 19.4 Å². The van der Waals surface area contributed by atoms with Gasteiger partial charge >= 0.3 is 0 Å². The molecule has 0 radical (unpaired) electrons. The van der Waals surface area contributed by atoms with Crippen LogP contribution in [0.15, 0.2) is 18.2 Å². The van der Waals surface area contributed by atoms with E-state index >= 15 is 0 Å². The predicted octanol–water partition coefficient (Wildman–Crippen LogP) is 0.879. The van der Waals surface area contributed by atoms with E-state index in [-0.39, 0.29) is 13.2 Å². The van der Waals surface area contributed by atoms with Crippen LogP contribution in [0.5, 0.6) is 11.5 Å². The third-order valence-electron chi connectivity index (χ3n) is 1.69. The largest absolute Gasteiger partial charge is 0.496 e. The molecule has 1 N–H and O–H groups in total. The molecule has 0 aromatic heterocycles. The van der Waals surface area contributed by atoms with E-state index in [1.807, 2.05) is 0 Å². The minimum Gasteiger partial charge on any atom is -0.496 e. The molecular formula is C10H12O4. The van der Waals surface area contributed by atoms with Crippen molar-refractivity contribution in [1.82, 2.24) is 0 Å². The molecule has 0 aliphatic carbocycles. The zero-order valence-corrected chi connectivity index (χ0v) is 7.90. The summed E-state index contributed by atoms with van der Waals surface area (Å²) in [5.74, 6) is 1.04. The van der Waals surface area contributed by atoms with Gasteiger partial charge in [0.1, 0.15) is 18.1 Å². The molecule has 4 heteroatoms. The lowest BCUT2D eigenvalue weighted by atomic mass is 10.2. The van der Waals surface area contributed by atoms with Crippen LogP contribution >= 0.6 is 0 Å². The van der Waals surface area contributed by atoms with Gasteiger partial charge in [-0.25, -0.2) is 0 Å². The summed E-state index contributed by atoms with van der Waals surface area (Å²) in [4.78, 5) is 10.6. The summed E-state index contributed by atoms with van der Waals surface area (Å²) in [6.07, 6.45) is 0.717.